The fourth-order valence-electron chi connectivity index (χ4n) is 4.00. The van der Waals surface area contributed by atoms with Crippen molar-refractivity contribution < 1.29 is 4.79 Å². The number of aromatic nitrogens is 3. The van der Waals surface area contributed by atoms with Crippen LogP contribution in [0.4, 0.5) is 11.5 Å². The van der Waals surface area contributed by atoms with Gasteiger partial charge in [0.15, 0.2) is 5.69 Å². The Labute approximate surface area is 193 Å². The van der Waals surface area contributed by atoms with Crippen molar-refractivity contribution in [2.75, 3.05) is 17.2 Å². The minimum Gasteiger partial charge on any atom is -0.383 e. The molecule has 0 radical (unpaired) electrons. The Morgan fingerprint density at radius 2 is 1.67 bits per heavy atom. The van der Waals surface area contributed by atoms with Crippen molar-refractivity contribution in [3.05, 3.63) is 74.2 Å². The lowest BCUT2D eigenvalue weighted by Crippen LogP contribution is -2.42. The van der Waals surface area contributed by atoms with Crippen LogP contribution in [0.2, 0.25) is 0 Å². The van der Waals surface area contributed by atoms with E-state index >= 15 is 0 Å². The number of hydrogen-bond donors (Lipinski definition) is 2. The van der Waals surface area contributed by atoms with Gasteiger partial charge in [0, 0.05) is 35.7 Å². The van der Waals surface area contributed by atoms with Gasteiger partial charge in [-0.3, -0.25) is 19.1 Å². The molecule has 33 heavy (non-hydrogen) atoms. The molecule has 8 heteroatoms. The minimum absolute atomic E-state index is 0.0112. The maximum absolute atomic E-state index is 13.5. The Morgan fingerprint density at radius 3 is 2.21 bits per heavy atom. The molecule has 3 aromatic rings. The summed E-state index contributed by atoms with van der Waals surface area (Å²) in [7, 11) is 0. The lowest BCUT2D eigenvalue weighted by Gasteiger charge is -2.25. The summed E-state index contributed by atoms with van der Waals surface area (Å²) in [6.45, 7) is 10.6. The van der Waals surface area contributed by atoms with E-state index in [0.29, 0.717) is 25.1 Å². The van der Waals surface area contributed by atoms with Crippen LogP contribution in [0.3, 0.4) is 0 Å². The van der Waals surface area contributed by atoms with Gasteiger partial charge in [-0.2, -0.15) is 0 Å². The number of nitrogen functional groups attached to an aromatic ring is 1. The second kappa shape index (κ2) is 9.94. The summed E-state index contributed by atoms with van der Waals surface area (Å²) >= 11 is 0. The monoisotopic (exact) mass is 451 g/mol. The molecule has 0 unspecified atom stereocenters. The molecule has 8 nitrogen and oxygen atoms in total. The van der Waals surface area contributed by atoms with Gasteiger partial charge in [-0.05, 0) is 62.6 Å². The van der Waals surface area contributed by atoms with Crippen LogP contribution >= 0.6 is 0 Å². The highest BCUT2D eigenvalue weighted by Gasteiger charge is 2.25. The number of H-pyrrole nitrogens is 1. The van der Waals surface area contributed by atoms with Gasteiger partial charge in [0.25, 0.3) is 11.5 Å². The Morgan fingerprint density at radius 1 is 1.06 bits per heavy atom. The van der Waals surface area contributed by atoms with E-state index in [0.717, 1.165) is 23.5 Å². The summed E-state index contributed by atoms with van der Waals surface area (Å²) in [5, 5.41) is 0. The molecule has 0 fully saturated rings. The molecule has 3 rings (SSSR count). The number of aryl methyl sites for hydroxylation is 2. The largest absolute Gasteiger partial charge is 0.383 e. The van der Waals surface area contributed by atoms with E-state index in [1.165, 1.54) is 9.47 Å². The second-order valence-electron chi connectivity index (χ2n) is 8.81. The van der Waals surface area contributed by atoms with Crippen LogP contribution in [0.5, 0.6) is 0 Å². The van der Waals surface area contributed by atoms with E-state index in [9.17, 15) is 14.4 Å². The molecule has 0 aliphatic heterocycles. The highest BCUT2D eigenvalue weighted by Crippen LogP contribution is 2.22. The molecule has 1 amide bonds. The van der Waals surface area contributed by atoms with Crippen molar-refractivity contribution in [3.63, 3.8) is 0 Å². The third-order valence-electron chi connectivity index (χ3n) is 5.66. The van der Waals surface area contributed by atoms with Crippen LogP contribution in [0, 0.1) is 19.8 Å². The molecule has 3 N–H and O–H groups in total. The van der Waals surface area contributed by atoms with E-state index in [1.54, 1.807) is 12.1 Å². The number of nitrogens with two attached hydrogens (primary N) is 1. The van der Waals surface area contributed by atoms with Crippen LogP contribution in [-0.2, 0) is 6.54 Å². The summed E-state index contributed by atoms with van der Waals surface area (Å²) < 4.78 is 3.43. The van der Waals surface area contributed by atoms with Gasteiger partial charge < -0.3 is 15.2 Å². The zero-order valence-electron chi connectivity index (χ0n) is 20.0. The summed E-state index contributed by atoms with van der Waals surface area (Å²) in [6, 6.07) is 11.4. The van der Waals surface area contributed by atoms with Crippen molar-refractivity contribution in [1.82, 2.24) is 14.1 Å². The summed E-state index contributed by atoms with van der Waals surface area (Å²) in [4.78, 5) is 42.4. The standard InChI is InChI=1S/C25H33N5O3/c1-6-7-14-28(21-22(26)29(15-16(2)3)25(33)27-23(21)31)24(32)19-10-12-20(13-11-19)30-17(4)8-9-18(30)5/h8-13,16H,6-7,14-15,26H2,1-5H3,(H,27,31,33). The van der Waals surface area contributed by atoms with Gasteiger partial charge in [-0.15, -0.1) is 0 Å². The Bertz CT molecular complexity index is 1230. The molecule has 0 aliphatic rings. The molecule has 0 aliphatic carbocycles. The van der Waals surface area contributed by atoms with Gasteiger partial charge in [-0.1, -0.05) is 27.2 Å². The van der Waals surface area contributed by atoms with Gasteiger partial charge in [0.05, 0.1) is 0 Å². The van der Waals surface area contributed by atoms with Gasteiger partial charge in [0.2, 0.25) is 0 Å². The van der Waals surface area contributed by atoms with Crippen LogP contribution in [0.1, 0.15) is 55.4 Å². The topological polar surface area (TPSA) is 106 Å². The number of benzene rings is 1. The number of amides is 1. The Kier molecular flexibility index (Phi) is 7.26. The predicted octanol–water partition coefficient (Wildman–Crippen LogP) is 3.63. The first kappa shape index (κ1) is 24.1. The molecule has 0 saturated heterocycles. The third kappa shape index (κ3) is 4.94. The van der Waals surface area contributed by atoms with Gasteiger partial charge in [0.1, 0.15) is 5.82 Å². The van der Waals surface area contributed by atoms with Gasteiger partial charge in [-0.25, -0.2) is 4.79 Å². The highest BCUT2D eigenvalue weighted by molar-refractivity contribution is 6.07. The number of anilines is 2. The van der Waals surface area contributed by atoms with Crippen LogP contribution in [-0.4, -0.2) is 26.6 Å². The van der Waals surface area contributed by atoms with E-state index in [1.807, 2.05) is 58.9 Å². The molecule has 0 atom stereocenters. The molecular weight excluding hydrogens is 418 g/mol. The van der Waals surface area contributed by atoms with Crippen molar-refractivity contribution in [2.45, 2.75) is 54.0 Å². The number of carbonyl (C=O) groups excluding carboxylic acids is 1. The zero-order valence-corrected chi connectivity index (χ0v) is 20.0. The number of nitrogens with zero attached hydrogens (tertiary/aromatic N) is 3. The number of carbonyl (C=O) groups is 1. The van der Waals surface area contributed by atoms with Crippen LogP contribution in [0.25, 0.3) is 5.69 Å². The van der Waals surface area contributed by atoms with Crippen LogP contribution < -0.4 is 21.9 Å². The summed E-state index contributed by atoms with van der Waals surface area (Å²) in [5.41, 5.74) is 8.68. The third-order valence-corrected chi connectivity index (χ3v) is 5.66. The number of hydrogen-bond acceptors (Lipinski definition) is 4. The Hall–Kier alpha value is -3.55. The van der Waals surface area contributed by atoms with Gasteiger partial charge >= 0.3 is 5.69 Å². The maximum atomic E-state index is 13.5. The molecule has 176 valence electrons. The average Bonchev–Trinajstić information content (AvgIpc) is 3.10. The first-order valence-corrected chi connectivity index (χ1v) is 11.4. The van der Waals surface area contributed by atoms with Crippen molar-refractivity contribution in [2.24, 2.45) is 5.92 Å². The lowest BCUT2D eigenvalue weighted by molar-refractivity contribution is 0.0986. The SMILES string of the molecule is CCCCN(C(=O)c1ccc(-n2c(C)ccc2C)cc1)c1c(N)n(CC(C)C)c(=O)[nH]c1=O. The quantitative estimate of drug-likeness (QED) is 0.545. The average molecular weight is 452 g/mol. The molecular formula is C25H33N5O3. The normalized spacial score (nSPS) is 11.2. The van der Waals surface area contributed by atoms with Crippen molar-refractivity contribution in [1.29, 1.82) is 0 Å². The van der Waals surface area contributed by atoms with Crippen molar-refractivity contribution in [3.8, 4) is 5.69 Å². The number of nitrogens with one attached hydrogen (secondary N) is 1. The summed E-state index contributed by atoms with van der Waals surface area (Å²) in [5.74, 6) is -0.184. The highest BCUT2D eigenvalue weighted by atomic mass is 16.2. The Balaban J connectivity index is 2.04. The fraction of sp³-hybridized carbons (Fsp3) is 0.400. The molecule has 0 saturated carbocycles. The molecule has 0 bridgehead atoms. The maximum Gasteiger partial charge on any atom is 0.330 e. The predicted molar refractivity (Wildman–Crippen MR) is 132 cm³/mol. The lowest BCUT2D eigenvalue weighted by atomic mass is 10.1. The summed E-state index contributed by atoms with van der Waals surface area (Å²) in [6.07, 6.45) is 1.52. The first-order valence-electron chi connectivity index (χ1n) is 11.4. The second-order valence-corrected chi connectivity index (χ2v) is 8.81. The van der Waals surface area contributed by atoms with E-state index in [2.05, 4.69) is 9.55 Å². The molecule has 2 aromatic heterocycles. The minimum atomic E-state index is -0.655. The zero-order chi connectivity index (χ0) is 24.3. The van der Waals surface area contributed by atoms with E-state index in [-0.39, 0.29) is 23.3 Å². The molecule has 0 spiro atoms. The molecule has 2 heterocycles. The van der Waals surface area contributed by atoms with E-state index < -0.39 is 11.2 Å². The number of aromatic amines is 1. The number of unbranched alkanes of at least 4 members (excludes halogenated alkanes) is 1. The van der Waals surface area contributed by atoms with Crippen LogP contribution in [0.15, 0.2) is 46.0 Å². The fourth-order valence-corrected chi connectivity index (χ4v) is 4.00. The van der Waals surface area contributed by atoms with E-state index in [4.69, 9.17) is 5.73 Å². The van der Waals surface area contributed by atoms with Crippen molar-refractivity contribution >= 4 is 17.4 Å². The number of rotatable bonds is 8. The smallest absolute Gasteiger partial charge is 0.330 e. The first-order chi connectivity index (χ1) is 15.6. The molecule has 1 aromatic carbocycles.